The van der Waals surface area contributed by atoms with Crippen molar-refractivity contribution in [2.75, 3.05) is 17.7 Å². The molecule has 3 rings (SSSR count). The summed E-state index contributed by atoms with van der Waals surface area (Å²) < 4.78 is 24.0. The number of amides is 1. The van der Waals surface area contributed by atoms with Crippen molar-refractivity contribution in [2.45, 2.75) is 71.1 Å². The van der Waals surface area contributed by atoms with E-state index in [0.717, 1.165) is 25.7 Å². The number of nitriles is 1. The monoisotopic (exact) mass is 497 g/mol. The van der Waals surface area contributed by atoms with Crippen molar-refractivity contribution in [1.82, 2.24) is 10.3 Å². The lowest BCUT2D eigenvalue weighted by Gasteiger charge is -2.34. The third kappa shape index (κ3) is 6.84. The van der Waals surface area contributed by atoms with E-state index in [1.54, 1.807) is 33.8 Å². The molecule has 0 aliphatic heterocycles. The number of alkyl carbamates (subject to hydrolysis) is 1. The highest BCUT2D eigenvalue weighted by molar-refractivity contribution is 5.98. The van der Waals surface area contributed by atoms with Crippen LogP contribution in [0.15, 0.2) is 24.3 Å². The number of nitrogens with one attached hydrogen (secondary N) is 3. The van der Waals surface area contributed by atoms with E-state index in [9.17, 15) is 19.2 Å². The van der Waals surface area contributed by atoms with Gasteiger partial charge in [0.25, 0.3) is 0 Å². The zero-order valence-corrected chi connectivity index (χ0v) is 21.2. The van der Waals surface area contributed by atoms with Crippen molar-refractivity contribution in [2.24, 2.45) is 0 Å². The third-order valence-corrected chi connectivity index (χ3v) is 5.75. The van der Waals surface area contributed by atoms with Crippen LogP contribution in [0.4, 0.5) is 26.5 Å². The van der Waals surface area contributed by atoms with Gasteiger partial charge in [-0.1, -0.05) is 12.8 Å². The minimum Gasteiger partial charge on any atom is -0.465 e. The number of carbonyl (C=O) groups is 2. The van der Waals surface area contributed by atoms with E-state index in [1.807, 2.05) is 6.07 Å². The molecule has 192 valence electrons. The van der Waals surface area contributed by atoms with Gasteiger partial charge in [0.05, 0.1) is 18.7 Å². The van der Waals surface area contributed by atoms with Crippen LogP contribution in [-0.4, -0.2) is 41.8 Å². The number of hydrogen-bond acceptors (Lipinski definition) is 8. The number of hydrogen-bond donors (Lipinski definition) is 3. The van der Waals surface area contributed by atoms with Crippen LogP contribution in [0, 0.1) is 24.1 Å². The molecule has 36 heavy (non-hydrogen) atoms. The number of aryl methyl sites for hydroxylation is 1. The fraction of sp³-hybridized carbons (Fsp3) is 0.462. The number of benzene rings is 1. The van der Waals surface area contributed by atoms with E-state index in [0.29, 0.717) is 17.1 Å². The van der Waals surface area contributed by atoms with E-state index in [1.165, 1.54) is 25.3 Å². The Morgan fingerprint density at radius 3 is 2.47 bits per heavy atom. The van der Waals surface area contributed by atoms with Gasteiger partial charge in [0.15, 0.2) is 0 Å². The van der Waals surface area contributed by atoms with Crippen molar-refractivity contribution >= 4 is 29.4 Å². The molecule has 0 spiro atoms. The number of ether oxygens (including phenoxy) is 2. The number of carbonyl (C=O) groups excluding carboxylic acids is 2. The summed E-state index contributed by atoms with van der Waals surface area (Å²) >= 11 is 0. The fourth-order valence-corrected chi connectivity index (χ4v) is 4.09. The number of esters is 1. The number of aromatic nitrogens is 1. The van der Waals surface area contributed by atoms with Gasteiger partial charge >= 0.3 is 12.1 Å². The van der Waals surface area contributed by atoms with Gasteiger partial charge in [-0.2, -0.15) is 5.26 Å². The number of pyridine rings is 1. The molecule has 0 bridgehead atoms. The first-order valence-electron chi connectivity index (χ1n) is 11.8. The highest BCUT2D eigenvalue weighted by Crippen LogP contribution is 2.29. The van der Waals surface area contributed by atoms with Crippen LogP contribution < -0.4 is 16.0 Å². The summed E-state index contributed by atoms with van der Waals surface area (Å²) in [6.07, 6.45) is 2.93. The summed E-state index contributed by atoms with van der Waals surface area (Å²) in [5.41, 5.74) is 0.323. The van der Waals surface area contributed by atoms with E-state index in [-0.39, 0.29) is 34.8 Å². The largest absolute Gasteiger partial charge is 0.465 e. The molecule has 1 heterocycles. The zero-order chi connectivity index (χ0) is 26.5. The van der Waals surface area contributed by atoms with Gasteiger partial charge < -0.3 is 25.4 Å². The second kappa shape index (κ2) is 11.2. The summed E-state index contributed by atoms with van der Waals surface area (Å²) in [5, 5.41) is 19.1. The Hall–Kier alpha value is -3.87. The second-order valence-electron chi connectivity index (χ2n) is 9.76. The Labute approximate surface area is 210 Å². The Kier molecular flexibility index (Phi) is 8.35. The van der Waals surface area contributed by atoms with Crippen LogP contribution in [-0.2, 0) is 9.47 Å². The molecular weight excluding hydrogens is 465 g/mol. The van der Waals surface area contributed by atoms with E-state index in [4.69, 9.17) is 9.47 Å². The minimum atomic E-state index is -0.728. The lowest BCUT2D eigenvalue weighted by atomic mass is 9.90. The molecule has 10 heteroatoms. The normalized spacial score (nSPS) is 17.5. The third-order valence-electron chi connectivity index (χ3n) is 5.75. The highest BCUT2D eigenvalue weighted by atomic mass is 19.1. The average molecular weight is 498 g/mol. The Morgan fingerprint density at radius 1 is 1.17 bits per heavy atom. The molecule has 1 aromatic heterocycles. The molecule has 0 saturated heterocycles. The van der Waals surface area contributed by atoms with E-state index >= 15 is 0 Å². The van der Waals surface area contributed by atoms with Gasteiger partial charge in [0.1, 0.15) is 34.7 Å². The first-order valence-corrected chi connectivity index (χ1v) is 11.8. The maximum atomic E-state index is 13.8. The van der Waals surface area contributed by atoms with Crippen LogP contribution in [0.1, 0.15) is 67.9 Å². The first kappa shape index (κ1) is 26.7. The Bertz CT molecular complexity index is 1170. The predicted octanol–water partition coefficient (Wildman–Crippen LogP) is 5.18. The summed E-state index contributed by atoms with van der Waals surface area (Å²) in [4.78, 5) is 29.5. The number of nitrogens with zero attached hydrogens (tertiary/aromatic N) is 2. The summed E-state index contributed by atoms with van der Waals surface area (Å²) in [7, 11) is 1.22. The summed E-state index contributed by atoms with van der Waals surface area (Å²) in [6.45, 7) is 7.03. The number of methoxy groups -OCH3 is 1. The van der Waals surface area contributed by atoms with Crippen molar-refractivity contribution in [1.29, 1.82) is 5.26 Å². The SMILES string of the molecule is COC(=O)c1c(C#N)cc(N[C@@H]2CCCC[C@@H]2NC(=O)OC(C)(C)C)nc1Nc1ccc(F)c(C)c1. The van der Waals surface area contributed by atoms with Crippen molar-refractivity contribution < 1.29 is 23.5 Å². The van der Waals surface area contributed by atoms with Crippen LogP contribution in [0.3, 0.4) is 0 Å². The van der Waals surface area contributed by atoms with Crippen molar-refractivity contribution in [3.63, 3.8) is 0 Å². The van der Waals surface area contributed by atoms with Gasteiger partial charge in [-0.3, -0.25) is 0 Å². The molecule has 1 aliphatic rings. The Morgan fingerprint density at radius 2 is 1.86 bits per heavy atom. The first-order chi connectivity index (χ1) is 17.0. The minimum absolute atomic E-state index is 0.0281. The van der Waals surface area contributed by atoms with Crippen LogP contribution >= 0.6 is 0 Å². The molecule has 3 N–H and O–H groups in total. The smallest absolute Gasteiger partial charge is 0.407 e. The van der Waals surface area contributed by atoms with Gasteiger partial charge in [-0.15, -0.1) is 0 Å². The van der Waals surface area contributed by atoms with Gasteiger partial charge in [-0.05, 0) is 70.4 Å². The molecule has 1 amide bonds. The number of halogens is 1. The number of anilines is 3. The molecule has 0 unspecified atom stereocenters. The van der Waals surface area contributed by atoms with E-state index in [2.05, 4.69) is 20.9 Å². The molecule has 0 radical (unpaired) electrons. The quantitative estimate of drug-likeness (QED) is 0.466. The van der Waals surface area contributed by atoms with Crippen LogP contribution in [0.2, 0.25) is 0 Å². The maximum Gasteiger partial charge on any atom is 0.407 e. The number of rotatable bonds is 6. The van der Waals surface area contributed by atoms with Gasteiger partial charge in [0, 0.05) is 11.7 Å². The molecule has 1 fully saturated rings. The fourth-order valence-electron chi connectivity index (χ4n) is 4.09. The summed E-state index contributed by atoms with van der Waals surface area (Å²) in [5.74, 6) is -0.643. The zero-order valence-electron chi connectivity index (χ0n) is 21.2. The van der Waals surface area contributed by atoms with Gasteiger partial charge in [-0.25, -0.2) is 19.0 Å². The standard InChI is InChI=1S/C26H32FN5O4/c1-15-12-17(10-11-18(15)27)29-23-22(24(33)35-5)16(14-28)13-21(32-23)30-19-8-6-7-9-20(19)31-25(34)36-26(2,3)4/h10-13,19-20H,6-9H2,1-5H3,(H,31,34)(H2,29,30,32)/t19-,20+/m1/s1. The van der Waals surface area contributed by atoms with Gasteiger partial charge in [0.2, 0.25) is 0 Å². The molecule has 2 atom stereocenters. The van der Waals surface area contributed by atoms with Crippen LogP contribution in [0.25, 0.3) is 0 Å². The molecular formula is C26H32FN5O4. The average Bonchev–Trinajstić information content (AvgIpc) is 2.80. The van der Waals surface area contributed by atoms with Crippen molar-refractivity contribution in [3.8, 4) is 6.07 Å². The molecule has 9 nitrogen and oxygen atoms in total. The topological polar surface area (TPSA) is 125 Å². The predicted molar refractivity (Wildman–Crippen MR) is 134 cm³/mol. The Balaban J connectivity index is 1.92. The van der Waals surface area contributed by atoms with Crippen molar-refractivity contribution in [3.05, 3.63) is 46.8 Å². The van der Waals surface area contributed by atoms with Crippen LogP contribution in [0.5, 0.6) is 0 Å². The molecule has 1 aromatic carbocycles. The summed E-state index contributed by atoms with van der Waals surface area (Å²) in [6, 6.07) is 7.52. The van der Waals surface area contributed by atoms with E-state index < -0.39 is 17.7 Å². The molecule has 1 saturated carbocycles. The lowest BCUT2D eigenvalue weighted by Crippen LogP contribution is -2.49. The lowest BCUT2D eigenvalue weighted by molar-refractivity contribution is 0.0487. The second-order valence-corrected chi connectivity index (χ2v) is 9.76. The molecule has 1 aliphatic carbocycles. The molecule has 2 aromatic rings. The maximum absolute atomic E-state index is 13.8. The highest BCUT2D eigenvalue weighted by Gasteiger charge is 2.29.